The second kappa shape index (κ2) is 6.47. The number of anilines is 2. The van der Waals surface area contributed by atoms with Crippen LogP contribution in [0.1, 0.15) is 19.3 Å². The summed E-state index contributed by atoms with van der Waals surface area (Å²) < 4.78 is 0. The molecule has 6 nitrogen and oxygen atoms in total. The third kappa shape index (κ3) is 3.00. The van der Waals surface area contributed by atoms with Crippen molar-refractivity contribution in [2.24, 2.45) is 4.99 Å². The zero-order valence-electron chi connectivity index (χ0n) is 13.4. The van der Waals surface area contributed by atoms with E-state index in [1.54, 1.807) is 4.90 Å². The molecule has 0 spiro atoms. The van der Waals surface area contributed by atoms with Crippen molar-refractivity contribution in [2.75, 3.05) is 36.4 Å². The van der Waals surface area contributed by atoms with Gasteiger partial charge in [-0.3, -0.25) is 19.5 Å². The fraction of sp³-hybridized carbons (Fsp3) is 0.471. The lowest BCUT2D eigenvalue weighted by atomic mass is 10.2. The number of thioether (sulfide) groups is 1. The molecule has 0 radical (unpaired) electrons. The van der Waals surface area contributed by atoms with Gasteiger partial charge in [-0.15, -0.1) is 0 Å². The summed E-state index contributed by atoms with van der Waals surface area (Å²) in [5.41, 5.74) is 1.97. The minimum atomic E-state index is -0.340. The molecular formula is C17H20N4O2S. The first kappa shape index (κ1) is 15.5. The van der Waals surface area contributed by atoms with Crippen molar-refractivity contribution in [1.82, 2.24) is 4.90 Å². The smallest absolute Gasteiger partial charge is 0.242 e. The van der Waals surface area contributed by atoms with Crippen molar-refractivity contribution in [3.8, 4) is 0 Å². The predicted molar refractivity (Wildman–Crippen MR) is 96.5 cm³/mol. The first-order chi connectivity index (χ1) is 11.7. The van der Waals surface area contributed by atoms with Crippen LogP contribution in [0.4, 0.5) is 11.4 Å². The number of amidine groups is 1. The van der Waals surface area contributed by atoms with Gasteiger partial charge in [-0.2, -0.15) is 0 Å². The van der Waals surface area contributed by atoms with Gasteiger partial charge in [0.2, 0.25) is 11.8 Å². The number of carbonyl (C=O) groups excluding carboxylic acids is 2. The number of hydrogen-bond donors (Lipinski definition) is 1. The van der Waals surface area contributed by atoms with Crippen molar-refractivity contribution in [1.29, 1.82) is 0 Å². The maximum atomic E-state index is 12.2. The summed E-state index contributed by atoms with van der Waals surface area (Å²) in [7, 11) is 0. The second-order valence-electron chi connectivity index (χ2n) is 6.25. The average molecular weight is 344 g/mol. The Kier molecular flexibility index (Phi) is 4.18. The van der Waals surface area contributed by atoms with E-state index in [9.17, 15) is 9.59 Å². The largest absolute Gasteiger partial charge is 0.372 e. The van der Waals surface area contributed by atoms with Gasteiger partial charge < -0.3 is 10.2 Å². The van der Waals surface area contributed by atoms with Gasteiger partial charge in [-0.05, 0) is 37.1 Å². The van der Waals surface area contributed by atoms with Crippen molar-refractivity contribution in [3.63, 3.8) is 0 Å². The van der Waals surface area contributed by atoms with Crippen LogP contribution in [0.5, 0.6) is 0 Å². The van der Waals surface area contributed by atoms with Gasteiger partial charge in [0.05, 0.1) is 6.54 Å². The van der Waals surface area contributed by atoms with E-state index in [4.69, 9.17) is 0 Å². The SMILES string of the molecule is O=C(CC1SC2=NCCN2C1=O)Nc1ccc(N2CCCC2)cc1. The topological polar surface area (TPSA) is 65.0 Å². The monoisotopic (exact) mass is 344 g/mol. The van der Waals surface area contributed by atoms with Gasteiger partial charge in [-0.1, -0.05) is 11.8 Å². The molecule has 4 rings (SSSR count). The Hall–Kier alpha value is -2.02. The average Bonchev–Trinajstić information content (AvgIpc) is 3.29. The summed E-state index contributed by atoms with van der Waals surface area (Å²) in [6, 6.07) is 7.94. The number of fused-ring (bicyclic) bond motifs is 1. The zero-order valence-corrected chi connectivity index (χ0v) is 14.2. The number of rotatable bonds is 4. The number of aliphatic imine (C=N–C) groups is 1. The van der Waals surface area contributed by atoms with E-state index in [0.717, 1.165) is 23.9 Å². The molecule has 3 heterocycles. The van der Waals surface area contributed by atoms with Crippen molar-refractivity contribution in [2.45, 2.75) is 24.5 Å². The van der Waals surface area contributed by atoms with Gasteiger partial charge in [0.15, 0.2) is 5.17 Å². The number of nitrogens with zero attached hydrogens (tertiary/aromatic N) is 3. The van der Waals surface area contributed by atoms with Crippen molar-refractivity contribution >= 4 is 40.1 Å². The molecule has 0 saturated carbocycles. The number of carbonyl (C=O) groups is 2. The summed E-state index contributed by atoms with van der Waals surface area (Å²) in [6.07, 6.45) is 2.68. The molecule has 1 aromatic carbocycles. The summed E-state index contributed by atoms with van der Waals surface area (Å²) >= 11 is 1.41. The number of nitrogens with one attached hydrogen (secondary N) is 1. The first-order valence-electron chi connectivity index (χ1n) is 8.38. The molecule has 7 heteroatoms. The van der Waals surface area contributed by atoms with Crippen LogP contribution in [0.3, 0.4) is 0 Å². The molecule has 126 valence electrons. The van der Waals surface area contributed by atoms with Gasteiger partial charge in [0, 0.05) is 37.4 Å². The molecule has 1 aromatic rings. The Morgan fingerprint density at radius 3 is 2.67 bits per heavy atom. The maximum absolute atomic E-state index is 12.2. The lowest BCUT2D eigenvalue weighted by Crippen LogP contribution is -2.32. The molecule has 0 aliphatic carbocycles. The molecule has 2 amide bonds. The summed E-state index contributed by atoms with van der Waals surface area (Å²) in [5, 5.41) is 3.32. The maximum Gasteiger partial charge on any atom is 0.242 e. The van der Waals surface area contributed by atoms with E-state index < -0.39 is 0 Å². The van der Waals surface area contributed by atoms with Crippen molar-refractivity contribution < 1.29 is 9.59 Å². The van der Waals surface area contributed by atoms with Crippen LogP contribution in [0.2, 0.25) is 0 Å². The lowest BCUT2D eigenvalue weighted by Gasteiger charge is -2.18. The van der Waals surface area contributed by atoms with Crippen LogP contribution in [-0.4, -0.2) is 53.3 Å². The minimum Gasteiger partial charge on any atom is -0.372 e. The minimum absolute atomic E-state index is 0.00998. The molecule has 3 aliphatic rings. The Morgan fingerprint density at radius 1 is 1.21 bits per heavy atom. The van der Waals surface area contributed by atoms with Gasteiger partial charge in [0.1, 0.15) is 5.25 Å². The van der Waals surface area contributed by atoms with E-state index in [-0.39, 0.29) is 23.5 Å². The standard InChI is InChI=1S/C17H20N4O2S/c22-15(11-14-16(23)21-10-7-18-17(21)24-14)19-12-3-5-13(6-4-12)20-8-1-2-9-20/h3-6,14H,1-2,7-11H2,(H,19,22). The summed E-state index contributed by atoms with van der Waals surface area (Å²) in [5.74, 6) is -0.118. The van der Waals surface area contributed by atoms with Crippen LogP contribution < -0.4 is 10.2 Å². The third-order valence-electron chi connectivity index (χ3n) is 4.58. The Morgan fingerprint density at radius 2 is 1.96 bits per heavy atom. The van der Waals surface area contributed by atoms with Crippen molar-refractivity contribution in [3.05, 3.63) is 24.3 Å². The molecule has 2 fully saturated rings. The van der Waals surface area contributed by atoms with Crippen LogP contribution in [0.25, 0.3) is 0 Å². The molecule has 1 N–H and O–H groups in total. The van der Waals surface area contributed by atoms with Crippen LogP contribution >= 0.6 is 11.8 Å². The van der Waals surface area contributed by atoms with Gasteiger partial charge >= 0.3 is 0 Å². The first-order valence-corrected chi connectivity index (χ1v) is 9.26. The predicted octanol–water partition coefficient (Wildman–Crippen LogP) is 1.93. The molecule has 0 aromatic heterocycles. The van der Waals surface area contributed by atoms with E-state index >= 15 is 0 Å². The Labute approximate surface area is 145 Å². The fourth-order valence-electron chi connectivity index (χ4n) is 3.32. The Balaban J connectivity index is 1.33. The van der Waals surface area contributed by atoms with E-state index in [1.807, 2.05) is 24.3 Å². The quantitative estimate of drug-likeness (QED) is 0.906. The highest BCUT2D eigenvalue weighted by Gasteiger charge is 2.40. The van der Waals surface area contributed by atoms with Gasteiger partial charge in [0.25, 0.3) is 0 Å². The summed E-state index contributed by atoms with van der Waals surface area (Å²) in [6.45, 7) is 3.54. The molecule has 24 heavy (non-hydrogen) atoms. The van der Waals surface area contributed by atoms with E-state index in [0.29, 0.717) is 13.1 Å². The highest BCUT2D eigenvalue weighted by molar-refractivity contribution is 8.15. The summed E-state index contributed by atoms with van der Waals surface area (Å²) in [4.78, 5) is 32.8. The molecule has 1 atom stereocenters. The second-order valence-corrected chi connectivity index (χ2v) is 7.42. The zero-order chi connectivity index (χ0) is 16.5. The lowest BCUT2D eigenvalue weighted by molar-refractivity contribution is -0.127. The van der Waals surface area contributed by atoms with Crippen LogP contribution in [0.15, 0.2) is 29.3 Å². The van der Waals surface area contributed by atoms with E-state index in [1.165, 1.54) is 30.3 Å². The number of amides is 2. The third-order valence-corrected chi connectivity index (χ3v) is 5.80. The molecular weight excluding hydrogens is 324 g/mol. The van der Waals surface area contributed by atoms with Crippen LogP contribution in [-0.2, 0) is 9.59 Å². The number of hydrogen-bond acceptors (Lipinski definition) is 5. The molecule has 1 unspecified atom stereocenters. The Bertz CT molecular complexity index is 682. The fourth-order valence-corrected chi connectivity index (χ4v) is 4.52. The van der Waals surface area contributed by atoms with Gasteiger partial charge in [-0.25, -0.2) is 0 Å². The molecule has 2 saturated heterocycles. The van der Waals surface area contributed by atoms with Crippen LogP contribution in [0, 0.1) is 0 Å². The highest BCUT2D eigenvalue weighted by atomic mass is 32.2. The molecule has 0 bridgehead atoms. The van der Waals surface area contributed by atoms with E-state index in [2.05, 4.69) is 15.2 Å². The number of benzene rings is 1. The molecule has 3 aliphatic heterocycles. The normalized spacial score (nSPS) is 22.8. The highest BCUT2D eigenvalue weighted by Crippen LogP contribution is 2.32.